The first kappa shape index (κ1) is 17.7. The van der Waals surface area contributed by atoms with Crippen molar-refractivity contribution in [3.63, 3.8) is 0 Å². The van der Waals surface area contributed by atoms with Gasteiger partial charge in [0.1, 0.15) is 5.82 Å². The standard InChI is InChI=1S/C25H16F3N/c1-14-6-7-18-19-10-11-29-24(21(19)9-8-20(18)23(14)26)16-12-15-4-2-3-5-17(15)22(13-16)25(27)28/h2-13,25H,1H3. The molecule has 0 N–H and O–H groups in total. The molecule has 1 aromatic heterocycles. The zero-order chi connectivity index (χ0) is 20.1. The number of rotatable bonds is 2. The molecule has 4 aromatic carbocycles. The van der Waals surface area contributed by atoms with Crippen molar-refractivity contribution < 1.29 is 13.2 Å². The van der Waals surface area contributed by atoms with Crippen LogP contribution in [0.1, 0.15) is 17.6 Å². The molecule has 0 radical (unpaired) electrons. The molecule has 0 amide bonds. The fraction of sp³-hybridized carbons (Fsp3) is 0.0800. The minimum absolute atomic E-state index is 0.0145. The number of aryl methyl sites for hydroxylation is 1. The third-order valence-electron chi connectivity index (χ3n) is 5.47. The number of fused-ring (bicyclic) bond motifs is 4. The van der Waals surface area contributed by atoms with Crippen LogP contribution in [0.15, 0.2) is 72.9 Å². The predicted molar refractivity (Wildman–Crippen MR) is 112 cm³/mol. The fourth-order valence-corrected chi connectivity index (χ4v) is 4.03. The van der Waals surface area contributed by atoms with Gasteiger partial charge in [-0.05, 0) is 52.2 Å². The van der Waals surface area contributed by atoms with Gasteiger partial charge in [0.05, 0.1) is 5.69 Å². The summed E-state index contributed by atoms with van der Waals surface area (Å²) in [6.07, 6.45) is -0.945. The molecule has 0 bridgehead atoms. The Hall–Kier alpha value is -3.40. The highest BCUT2D eigenvalue weighted by molar-refractivity contribution is 6.11. The molecule has 0 saturated carbocycles. The molecule has 0 atom stereocenters. The summed E-state index contributed by atoms with van der Waals surface area (Å²) in [5.74, 6) is -0.242. The Morgan fingerprint density at radius 1 is 0.759 bits per heavy atom. The van der Waals surface area contributed by atoms with Crippen molar-refractivity contribution in [3.05, 3.63) is 89.9 Å². The summed E-state index contributed by atoms with van der Waals surface area (Å²) < 4.78 is 42.0. The van der Waals surface area contributed by atoms with E-state index in [1.165, 1.54) is 6.07 Å². The van der Waals surface area contributed by atoms with Gasteiger partial charge in [-0.15, -0.1) is 0 Å². The summed E-state index contributed by atoms with van der Waals surface area (Å²) in [7, 11) is 0. The van der Waals surface area contributed by atoms with E-state index in [1.54, 1.807) is 37.4 Å². The summed E-state index contributed by atoms with van der Waals surface area (Å²) >= 11 is 0. The SMILES string of the molecule is Cc1ccc2c(ccc3c(-c4cc(C(F)F)c5ccccc5c4)nccc32)c1F. The molecule has 0 aliphatic heterocycles. The van der Waals surface area contributed by atoms with Crippen LogP contribution in [0.25, 0.3) is 43.6 Å². The van der Waals surface area contributed by atoms with E-state index in [0.717, 1.165) is 21.5 Å². The van der Waals surface area contributed by atoms with Crippen molar-refractivity contribution in [2.45, 2.75) is 13.3 Å². The largest absolute Gasteiger partial charge is 0.264 e. The molecule has 0 aliphatic carbocycles. The zero-order valence-corrected chi connectivity index (χ0v) is 15.6. The molecular weight excluding hydrogens is 371 g/mol. The van der Waals surface area contributed by atoms with Gasteiger partial charge in [0.15, 0.2) is 0 Å². The highest BCUT2D eigenvalue weighted by Crippen LogP contribution is 2.37. The van der Waals surface area contributed by atoms with Gasteiger partial charge in [0.2, 0.25) is 0 Å². The molecular formula is C25H16F3N. The van der Waals surface area contributed by atoms with Crippen molar-refractivity contribution in [1.29, 1.82) is 0 Å². The average Bonchev–Trinajstić information content (AvgIpc) is 2.74. The number of benzene rings is 4. The molecule has 0 aliphatic rings. The van der Waals surface area contributed by atoms with E-state index >= 15 is 0 Å². The second-order valence-corrected chi connectivity index (χ2v) is 7.20. The predicted octanol–water partition coefficient (Wildman–Crippen LogP) is 7.59. The van der Waals surface area contributed by atoms with E-state index in [-0.39, 0.29) is 11.4 Å². The number of nitrogens with zero attached hydrogens (tertiary/aromatic N) is 1. The molecule has 0 saturated heterocycles. The first-order valence-corrected chi connectivity index (χ1v) is 9.32. The first-order valence-electron chi connectivity index (χ1n) is 9.32. The topological polar surface area (TPSA) is 12.9 Å². The van der Waals surface area contributed by atoms with Crippen LogP contribution in [0, 0.1) is 12.7 Å². The van der Waals surface area contributed by atoms with Crippen molar-refractivity contribution in [3.8, 4) is 11.3 Å². The number of alkyl halides is 2. The molecule has 5 aromatic rings. The van der Waals surface area contributed by atoms with Crippen molar-refractivity contribution >= 4 is 32.3 Å². The van der Waals surface area contributed by atoms with Crippen molar-refractivity contribution in [2.24, 2.45) is 0 Å². The molecule has 1 heterocycles. The quantitative estimate of drug-likeness (QED) is 0.284. The van der Waals surface area contributed by atoms with E-state index in [2.05, 4.69) is 4.98 Å². The summed E-state index contributed by atoms with van der Waals surface area (Å²) in [4.78, 5) is 4.49. The second-order valence-electron chi connectivity index (χ2n) is 7.20. The van der Waals surface area contributed by atoms with Gasteiger partial charge < -0.3 is 0 Å². The Bertz CT molecular complexity index is 1410. The maximum atomic E-state index is 14.6. The van der Waals surface area contributed by atoms with Crippen LogP contribution in [0.5, 0.6) is 0 Å². The van der Waals surface area contributed by atoms with Crippen LogP contribution in [0.2, 0.25) is 0 Å². The highest BCUT2D eigenvalue weighted by Gasteiger charge is 2.16. The summed E-state index contributed by atoms with van der Waals surface area (Å²) in [6, 6.07) is 19.5. The van der Waals surface area contributed by atoms with E-state index in [9.17, 15) is 13.2 Å². The van der Waals surface area contributed by atoms with Crippen LogP contribution in [0.4, 0.5) is 13.2 Å². The molecule has 142 valence electrons. The lowest BCUT2D eigenvalue weighted by atomic mass is 9.94. The monoisotopic (exact) mass is 387 g/mol. The molecule has 1 nitrogen and oxygen atoms in total. The Balaban J connectivity index is 1.84. The summed E-state index contributed by atoms with van der Waals surface area (Å²) in [5, 5.41) is 4.25. The van der Waals surface area contributed by atoms with Gasteiger partial charge in [-0.2, -0.15) is 0 Å². The normalized spacial score (nSPS) is 11.8. The van der Waals surface area contributed by atoms with Crippen LogP contribution < -0.4 is 0 Å². The van der Waals surface area contributed by atoms with Crippen LogP contribution >= 0.6 is 0 Å². The Kier molecular flexibility index (Phi) is 4.02. The van der Waals surface area contributed by atoms with Crippen LogP contribution in [-0.2, 0) is 0 Å². The number of pyridine rings is 1. The number of aromatic nitrogens is 1. The highest BCUT2D eigenvalue weighted by atomic mass is 19.3. The van der Waals surface area contributed by atoms with Gasteiger partial charge >= 0.3 is 0 Å². The molecule has 29 heavy (non-hydrogen) atoms. The molecule has 4 heteroatoms. The zero-order valence-electron chi connectivity index (χ0n) is 15.6. The molecule has 5 rings (SSSR count). The van der Waals surface area contributed by atoms with Gasteiger partial charge in [-0.25, -0.2) is 13.2 Å². The van der Waals surface area contributed by atoms with Crippen molar-refractivity contribution in [2.75, 3.05) is 0 Å². The van der Waals surface area contributed by atoms with E-state index in [1.807, 2.05) is 36.4 Å². The maximum Gasteiger partial charge on any atom is 0.264 e. The smallest absolute Gasteiger partial charge is 0.256 e. The minimum Gasteiger partial charge on any atom is -0.256 e. The van der Waals surface area contributed by atoms with Gasteiger partial charge in [-0.3, -0.25) is 4.98 Å². The van der Waals surface area contributed by atoms with E-state index < -0.39 is 6.43 Å². The second kappa shape index (κ2) is 6.59. The summed E-state index contributed by atoms with van der Waals surface area (Å²) in [5.41, 5.74) is 1.80. The minimum atomic E-state index is -2.59. The Labute approximate surface area is 165 Å². The lowest BCUT2D eigenvalue weighted by Gasteiger charge is -2.13. The van der Waals surface area contributed by atoms with Crippen molar-refractivity contribution in [1.82, 2.24) is 4.98 Å². The third kappa shape index (κ3) is 2.75. The van der Waals surface area contributed by atoms with Gasteiger partial charge in [0.25, 0.3) is 6.43 Å². The maximum absolute atomic E-state index is 14.6. The average molecular weight is 387 g/mol. The number of halogens is 3. The molecule has 0 fully saturated rings. The first-order chi connectivity index (χ1) is 14.0. The fourth-order valence-electron chi connectivity index (χ4n) is 4.03. The lowest BCUT2D eigenvalue weighted by molar-refractivity contribution is 0.153. The number of hydrogen-bond donors (Lipinski definition) is 0. The molecule has 0 unspecified atom stereocenters. The molecule has 0 spiro atoms. The summed E-state index contributed by atoms with van der Waals surface area (Å²) in [6.45, 7) is 1.73. The lowest BCUT2D eigenvalue weighted by Crippen LogP contribution is -1.93. The Morgan fingerprint density at radius 3 is 2.31 bits per heavy atom. The van der Waals surface area contributed by atoms with E-state index in [4.69, 9.17) is 0 Å². The van der Waals surface area contributed by atoms with Crippen LogP contribution in [0.3, 0.4) is 0 Å². The number of hydrogen-bond acceptors (Lipinski definition) is 1. The van der Waals surface area contributed by atoms with Crippen LogP contribution in [-0.4, -0.2) is 4.98 Å². The Morgan fingerprint density at radius 2 is 1.48 bits per heavy atom. The van der Waals surface area contributed by atoms with Gasteiger partial charge in [-0.1, -0.05) is 48.5 Å². The van der Waals surface area contributed by atoms with Gasteiger partial charge in [0, 0.05) is 28.1 Å². The third-order valence-corrected chi connectivity index (χ3v) is 5.47. The van der Waals surface area contributed by atoms with E-state index in [0.29, 0.717) is 27.6 Å².